The van der Waals surface area contributed by atoms with Crippen LogP contribution >= 0.6 is 46.0 Å². The van der Waals surface area contributed by atoms with Gasteiger partial charge in [-0.1, -0.05) is 41.9 Å². The maximum Gasteiger partial charge on any atom is 0.272 e. The van der Waals surface area contributed by atoms with E-state index >= 15 is 0 Å². The number of thiophene rings is 1. The maximum absolute atomic E-state index is 13.2. The molecule has 43 heavy (non-hydrogen) atoms. The van der Waals surface area contributed by atoms with Gasteiger partial charge in [-0.15, -0.1) is 23.1 Å². The molecule has 0 fully saturated rings. The molecule has 0 saturated heterocycles. The summed E-state index contributed by atoms with van der Waals surface area (Å²) in [6.07, 6.45) is 1.64. The third-order valence-electron chi connectivity index (χ3n) is 6.05. The van der Waals surface area contributed by atoms with Crippen LogP contribution in [0.3, 0.4) is 0 Å². The highest BCUT2D eigenvalue weighted by molar-refractivity contribution is 8.00. The van der Waals surface area contributed by atoms with Gasteiger partial charge in [0.1, 0.15) is 5.70 Å². The van der Waals surface area contributed by atoms with Gasteiger partial charge in [0, 0.05) is 32.1 Å². The lowest BCUT2D eigenvalue weighted by atomic mass is 10.2. The summed E-state index contributed by atoms with van der Waals surface area (Å²) in [5, 5.41) is 14.9. The van der Waals surface area contributed by atoms with Crippen molar-refractivity contribution in [3.63, 3.8) is 0 Å². The fraction of sp³-hybridized carbons (Fsp3) is 0.0625. The van der Waals surface area contributed by atoms with Gasteiger partial charge in [-0.3, -0.25) is 14.4 Å². The van der Waals surface area contributed by atoms with Gasteiger partial charge in [-0.05, 0) is 83.9 Å². The van der Waals surface area contributed by atoms with Crippen LogP contribution in [0.4, 0.5) is 10.8 Å². The van der Waals surface area contributed by atoms with Crippen LogP contribution in [0, 0.1) is 0 Å². The molecular weight excluding hydrogens is 620 g/mol. The zero-order valence-electron chi connectivity index (χ0n) is 22.7. The quantitative estimate of drug-likeness (QED) is 0.105. The number of nitrogens with one attached hydrogen (secondary N) is 3. The highest BCUT2D eigenvalue weighted by Gasteiger charge is 2.18. The van der Waals surface area contributed by atoms with Crippen molar-refractivity contribution in [1.82, 2.24) is 10.3 Å². The molecule has 0 radical (unpaired) electrons. The molecule has 0 spiro atoms. The van der Waals surface area contributed by atoms with E-state index < -0.39 is 11.2 Å². The minimum Gasteiger partial charge on any atom is -0.321 e. The maximum atomic E-state index is 13.2. The monoisotopic (exact) mass is 644 g/mol. The van der Waals surface area contributed by atoms with Crippen LogP contribution in [0.15, 0.2) is 112 Å². The molecule has 3 aromatic carbocycles. The van der Waals surface area contributed by atoms with Gasteiger partial charge in [0.2, 0.25) is 5.91 Å². The van der Waals surface area contributed by atoms with Gasteiger partial charge in [0.25, 0.3) is 11.8 Å². The summed E-state index contributed by atoms with van der Waals surface area (Å²) in [6.45, 7) is 1.82. The number of anilines is 2. The number of thiazole rings is 1. The van der Waals surface area contributed by atoms with E-state index in [1.807, 2.05) is 59.5 Å². The van der Waals surface area contributed by atoms with E-state index in [-0.39, 0.29) is 17.5 Å². The number of rotatable bonds is 10. The number of hydrogen-bond acceptors (Lipinski definition) is 7. The molecule has 0 aliphatic heterocycles. The van der Waals surface area contributed by atoms with Crippen LogP contribution in [-0.2, 0) is 9.59 Å². The zero-order chi connectivity index (χ0) is 30.2. The summed E-state index contributed by atoms with van der Waals surface area (Å²) in [4.78, 5) is 44.1. The van der Waals surface area contributed by atoms with Gasteiger partial charge in [-0.2, -0.15) is 11.3 Å². The lowest BCUT2D eigenvalue weighted by Crippen LogP contribution is -2.30. The summed E-state index contributed by atoms with van der Waals surface area (Å²) in [5.41, 5.74) is 3.61. The molecule has 2 heterocycles. The van der Waals surface area contributed by atoms with E-state index in [0.717, 1.165) is 21.7 Å². The second-order valence-electron chi connectivity index (χ2n) is 9.21. The van der Waals surface area contributed by atoms with Crippen LogP contribution in [0.2, 0.25) is 5.02 Å². The Hall–Kier alpha value is -4.22. The second-order valence-corrected chi connectivity index (χ2v) is 12.7. The van der Waals surface area contributed by atoms with E-state index in [2.05, 4.69) is 20.9 Å². The first-order chi connectivity index (χ1) is 20.8. The molecule has 11 heteroatoms. The Morgan fingerprint density at radius 3 is 2.35 bits per heavy atom. The average Bonchev–Trinajstić information content (AvgIpc) is 3.71. The lowest BCUT2D eigenvalue weighted by molar-refractivity contribution is -0.115. The highest BCUT2D eigenvalue weighted by atomic mass is 35.5. The SMILES string of the molecule is CC(Sc1ccc(NC(=O)/C(=C/c2ccsc2)NC(=O)c2ccccc2)cc1)C(=O)Nc1nc(-c2ccc(Cl)cc2)cs1. The Bertz CT molecular complexity index is 1740. The summed E-state index contributed by atoms with van der Waals surface area (Å²) in [5.74, 6) is -1.00. The van der Waals surface area contributed by atoms with Crippen molar-refractivity contribution in [1.29, 1.82) is 0 Å². The number of nitrogens with zero attached hydrogens (tertiary/aromatic N) is 1. The number of amides is 3. The third kappa shape index (κ3) is 8.42. The first-order valence-corrected chi connectivity index (χ1v) is 16.1. The Labute approximate surface area is 266 Å². The van der Waals surface area contributed by atoms with Crippen LogP contribution in [0.1, 0.15) is 22.8 Å². The van der Waals surface area contributed by atoms with Crippen LogP contribution in [0.25, 0.3) is 17.3 Å². The van der Waals surface area contributed by atoms with Gasteiger partial charge >= 0.3 is 0 Å². The highest BCUT2D eigenvalue weighted by Crippen LogP contribution is 2.29. The molecule has 0 aliphatic rings. The van der Waals surface area contributed by atoms with Crippen molar-refractivity contribution < 1.29 is 14.4 Å². The Kier molecular flexibility index (Phi) is 10.1. The van der Waals surface area contributed by atoms with Crippen molar-refractivity contribution >= 4 is 80.7 Å². The molecule has 5 aromatic rings. The topological polar surface area (TPSA) is 100 Å². The van der Waals surface area contributed by atoms with Crippen molar-refractivity contribution in [3.8, 4) is 11.3 Å². The van der Waals surface area contributed by atoms with Crippen molar-refractivity contribution in [2.45, 2.75) is 17.1 Å². The molecule has 3 N–H and O–H groups in total. The molecule has 3 amide bonds. The summed E-state index contributed by atoms with van der Waals surface area (Å²) >= 11 is 10.2. The summed E-state index contributed by atoms with van der Waals surface area (Å²) < 4.78 is 0. The van der Waals surface area contributed by atoms with Gasteiger partial charge < -0.3 is 16.0 Å². The second kappa shape index (κ2) is 14.3. The van der Waals surface area contributed by atoms with E-state index in [1.165, 1.54) is 34.4 Å². The minimum atomic E-state index is -0.454. The first kappa shape index (κ1) is 30.2. The number of thioether (sulfide) groups is 1. The molecule has 0 saturated carbocycles. The van der Waals surface area contributed by atoms with Gasteiger partial charge in [0.15, 0.2) is 5.13 Å². The third-order valence-corrected chi connectivity index (χ3v) is 8.87. The van der Waals surface area contributed by atoms with E-state index in [1.54, 1.807) is 54.6 Å². The van der Waals surface area contributed by atoms with Crippen LogP contribution in [0.5, 0.6) is 0 Å². The minimum absolute atomic E-state index is 0.123. The largest absolute Gasteiger partial charge is 0.321 e. The predicted octanol–water partition coefficient (Wildman–Crippen LogP) is 8.05. The molecule has 0 bridgehead atoms. The Morgan fingerprint density at radius 1 is 0.907 bits per heavy atom. The summed E-state index contributed by atoms with van der Waals surface area (Å²) in [7, 11) is 0. The standard InChI is InChI=1S/C32H25ClN4O3S3/c1-20(29(38)37-32-36-28(19-42-32)22-7-9-24(33)10-8-22)43-26-13-11-25(12-14-26)34-31(40)27(17-21-15-16-41-18-21)35-30(39)23-5-3-2-4-6-23/h2-20H,1H3,(H,34,40)(H,35,39)(H,36,37,38)/b27-17-. The first-order valence-electron chi connectivity index (χ1n) is 13.0. The Morgan fingerprint density at radius 2 is 1.65 bits per heavy atom. The van der Waals surface area contributed by atoms with Crippen LogP contribution in [-0.4, -0.2) is 28.0 Å². The number of hydrogen-bond donors (Lipinski definition) is 3. The smallest absolute Gasteiger partial charge is 0.272 e. The summed E-state index contributed by atoms with van der Waals surface area (Å²) in [6, 6.07) is 25.1. The fourth-order valence-corrected chi connectivity index (χ4v) is 6.16. The molecule has 2 aromatic heterocycles. The molecule has 1 unspecified atom stereocenters. The molecule has 7 nitrogen and oxygen atoms in total. The molecule has 216 valence electrons. The van der Waals surface area contributed by atoms with Crippen molar-refractivity contribution in [2.75, 3.05) is 10.6 Å². The average molecular weight is 645 g/mol. The van der Waals surface area contributed by atoms with Gasteiger partial charge in [-0.25, -0.2) is 4.98 Å². The van der Waals surface area contributed by atoms with Gasteiger partial charge in [0.05, 0.1) is 10.9 Å². The lowest BCUT2D eigenvalue weighted by Gasteiger charge is -2.13. The Balaban J connectivity index is 1.18. The molecule has 0 aliphatic carbocycles. The normalized spacial score (nSPS) is 11.9. The molecule has 1 atom stereocenters. The molecule has 5 rings (SSSR count). The van der Waals surface area contributed by atoms with Crippen molar-refractivity contribution in [2.24, 2.45) is 0 Å². The van der Waals surface area contributed by atoms with Crippen LogP contribution < -0.4 is 16.0 Å². The number of carbonyl (C=O) groups is 3. The van der Waals surface area contributed by atoms with E-state index in [4.69, 9.17) is 11.6 Å². The zero-order valence-corrected chi connectivity index (χ0v) is 25.9. The number of benzene rings is 3. The van der Waals surface area contributed by atoms with Crippen molar-refractivity contribution in [3.05, 3.63) is 123 Å². The predicted molar refractivity (Wildman–Crippen MR) is 178 cm³/mol. The fourth-order valence-electron chi connectivity index (χ4n) is 3.83. The number of halogens is 1. The van der Waals surface area contributed by atoms with E-state index in [0.29, 0.717) is 21.4 Å². The number of aromatic nitrogens is 1. The van der Waals surface area contributed by atoms with E-state index in [9.17, 15) is 14.4 Å². The number of carbonyl (C=O) groups excluding carboxylic acids is 3. The molecular formula is C32H25ClN4O3S3.